The van der Waals surface area contributed by atoms with Crippen LogP contribution in [0.4, 0.5) is 0 Å². The molecule has 0 saturated carbocycles. The number of allylic oxidation sites excluding steroid dienone is 2. The molecule has 0 radical (unpaired) electrons. The third-order valence-corrected chi connectivity index (χ3v) is 3.98. The van der Waals surface area contributed by atoms with Crippen molar-refractivity contribution in [3.8, 4) is 0 Å². The highest BCUT2D eigenvalue weighted by Gasteiger charge is 2.06. The van der Waals surface area contributed by atoms with Gasteiger partial charge in [0.05, 0.1) is 6.61 Å². The van der Waals surface area contributed by atoms with Crippen molar-refractivity contribution in [3.63, 3.8) is 0 Å². The molecule has 0 amide bonds. The number of hydrogen-bond donors (Lipinski definition) is 1. The number of esters is 1. The van der Waals surface area contributed by atoms with Crippen molar-refractivity contribution in [3.05, 3.63) is 12.2 Å². The minimum Gasteiger partial charge on any atom is -0.465 e. The van der Waals surface area contributed by atoms with Crippen molar-refractivity contribution in [2.24, 2.45) is 5.92 Å². The fourth-order valence-corrected chi connectivity index (χ4v) is 2.35. The van der Waals surface area contributed by atoms with Gasteiger partial charge in [0.15, 0.2) is 0 Å². The molecule has 0 spiro atoms. The molecule has 0 aliphatic heterocycles. The largest absolute Gasteiger partial charge is 0.465 e. The van der Waals surface area contributed by atoms with Crippen LogP contribution >= 0.6 is 0 Å². The number of rotatable bonds is 16. The van der Waals surface area contributed by atoms with E-state index < -0.39 is 0 Å². The van der Waals surface area contributed by atoms with Gasteiger partial charge in [-0.2, -0.15) is 0 Å². The summed E-state index contributed by atoms with van der Waals surface area (Å²) in [5, 5.41) is 8.85. The lowest BCUT2D eigenvalue weighted by atomic mass is 10.1. The molecule has 0 fully saturated rings. The van der Waals surface area contributed by atoms with Gasteiger partial charge in [0.1, 0.15) is 0 Å². The number of aliphatic hydroxyl groups is 1. The minimum absolute atomic E-state index is 0.0404. The Balaban J connectivity index is 3.24. The Morgan fingerprint density at radius 3 is 2.13 bits per heavy atom. The maximum absolute atomic E-state index is 11.5. The Hall–Kier alpha value is -0.830. The van der Waals surface area contributed by atoms with Gasteiger partial charge in [-0.15, -0.1) is 0 Å². The molecule has 0 aromatic rings. The van der Waals surface area contributed by atoms with Gasteiger partial charge in [0.2, 0.25) is 0 Å². The van der Waals surface area contributed by atoms with Crippen molar-refractivity contribution in [2.45, 2.75) is 90.9 Å². The predicted octanol–water partition coefficient (Wildman–Crippen LogP) is 5.42. The van der Waals surface area contributed by atoms with Gasteiger partial charge in [0.25, 0.3) is 0 Å². The first-order valence-corrected chi connectivity index (χ1v) is 9.62. The summed E-state index contributed by atoms with van der Waals surface area (Å²) in [6.07, 6.45) is 18.7. The summed E-state index contributed by atoms with van der Waals surface area (Å²) in [5.41, 5.74) is 0. The Morgan fingerprint density at radius 2 is 1.52 bits per heavy atom. The SMILES string of the molecule is CCCCCC/C=C\CCCCCCCC(=O)OCC(C)CO. The van der Waals surface area contributed by atoms with E-state index in [1.165, 1.54) is 57.8 Å². The van der Waals surface area contributed by atoms with E-state index in [0.29, 0.717) is 13.0 Å². The van der Waals surface area contributed by atoms with E-state index >= 15 is 0 Å². The van der Waals surface area contributed by atoms with Crippen LogP contribution in [0.3, 0.4) is 0 Å². The van der Waals surface area contributed by atoms with Gasteiger partial charge in [-0.25, -0.2) is 0 Å². The van der Waals surface area contributed by atoms with Crippen LogP contribution in [0.15, 0.2) is 12.2 Å². The van der Waals surface area contributed by atoms with E-state index in [9.17, 15) is 4.79 Å². The van der Waals surface area contributed by atoms with Gasteiger partial charge in [-0.05, 0) is 32.1 Å². The summed E-state index contributed by atoms with van der Waals surface area (Å²) in [4.78, 5) is 11.5. The maximum Gasteiger partial charge on any atom is 0.305 e. The van der Waals surface area contributed by atoms with Crippen molar-refractivity contribution in [1.82, 2.24) is 0 Å². The van der Waals surface area contributed by atoms with E-state index in [2.05, 4.69) is 19.1 Å². The fourth-order valence-electron chi connectivity index (χ4n) is 2.35. The lowest BCUT2D eigenvalue weighted by molar-refractivity contribution is -0.145. The van der Waals surface area contributed by atoms with E-state index in [-0.39, 0.29) is 18.5 Å². The second kappa shape index (κ2) is 17.5. The second-order valence-electron chi connectivity index (χ2n) is 6.60. The fraction of sp³-hybridized carbons (Fsp3) is 0.850. The highest BCUT2D eigenvalue weighted by molar-refractivity contribution is 5.69. The van der Waals surface area contributed by atoms with E-state index in [0.717, 1.165) is 12.8 Å². The standard InChI is InChI=1S/C20H38O3/c1-3-4-5-6-7-8-9-10-11-12-13-14-15-16-20(22)23-18-19(2)17-21/h8-9,19,21H,3-7,10-18H2,1-2H3/b9-8-. The molecule has 0 heterocycles. The molecule has 0 aliphatic carbocycles. The molecule has 0 aromatic heterocycles. The third-order valence-electron chi connectivity index (χ3n) is 3.98. The number of carbonyl (C=O) groups excluding carboxylic acids is 1. The van der Waals surface area contributed by atoms with Crippen molar-refractivity contribution >= 4 is 5.97 Å². The van der Waals surface area contributed by atoms with Gasteiger partial charge in [0, 0.05) is 18.9 Å². The van der Waals surface area contributed by atoms with Crippen molar-refractivity contribution in [1.29, 1.82) is 0 Å². The van der Waals surface area contributed by atoms with Crippen LogP contribution < -0.4 is 0 Å². The molecule has 1 unspecified atom stereocenters. The predicted molar refractivity (Wildman–Crippen MR) is 97.4 cm³/mol. The van der Waals surface area contributed by atoms with Gasteiger partial charge >= 0.3 is 5.97 Å². The summed E-state index contributed by atoms with van der Waals surface area (Å²) in [6.45, 7) is 4.52. The Kier molecular flexibility index (Phi) is 16.9. The van der Waals surface area contributed by atoms with Gasteiger partial charge in [-0.1, -0.05) is 64.5 Å². The molecule has 23 heavy (non-hydrogen) atoms. The first kappa shape index (κ1) is 22.2. The van der Waals surface area contributed by atoms with Crippen LogP contribution in [0, 0.1) is 5.92 Å². The summed E-state index contributed by atoms with van der Waals surface area (Å²) < 4.78 is 5.09. The summed E-state index contributed by atoms with van der Waals surface area (Å²) in [5.74, 6) is -0.0880. The second-order valence-corrected chi connectivity index (χ2v) is 6.60. The maximum atomic E-state index is 11.5. The third kappa shape index (κ3) is 17.4. The molecule has 0 rings (SSSR count). The molecule has 0 bridgehead atoms. The molecule has 0 saturated heterocycles. The molecular weight excluding hydrogens is 288 g/mol. The normalized spacial score (nSPS) is 12.7. The number of ether oxygens (including phenoxy) is 1. The molecule has 136 valence electrons. The first-order chi connectivity index (χ1) is 11.2. The molecule has 1 N–H and O–H groups in total. The molecule has 0 aliphatic rings. The first-order valence-electron chi connectivity index (χ1n) is 9.62. The van der Waals surface area contributed by atoms with E-state index in [1.807, 2.05) is 6.92 Å². The molecule has 3 nitrogen and oxygen atoms in total. The molecular formula is C20H38O3. The van der Waals surface area contributed by atoms with E-state index in [4.69, 9.17) is 9.84 Å². The highest BCUT2D eigenvalue weighted by Crippen LogP contribution is 2.09. The number of hydrogen-bond acceptors (Lipinski definition) is 3. The van der Waals surface area contributed by atoms with E-state index in [1.54, 1.807) is 0 Å². The number of unbranched alkanes of at least 4 members (excludes halogenated alkanes) is 9. The van der Waals surface area contributed by atoms with Gasteiger partial charge in [-0.3, -0.25) is 4.79 Å². The lowest BCUT2D eigenvalue weighted by Gasteiger charge is -2.08. The summed E-state index contributed by atoms with van der Waals surface area (Å²) >= 11 is 0. The summed E-state index contributed by atoms with van der Waals surface area (Å²) in [7, 11) is 0. The molecule has 0 aromatic carbocycles. The zero-order chi connectivity index (χ0) is 17.2. The average Bonchev–Trinajstić information content (AvgIpc) is 2.56. The molecule has 3 heteroatoms. The Bertz CT molecular complexity index is 287. The lowest BCUT2D eigenvalue weighted by Crippen LogP contribution is -2.14. The van der Waals surface area contributed by atoms with Crippen molar-refractivity contribution < 1.29 is 14.6 Å². The molecule has 1 atom stereocenters. The summed E-state index contributed by atoms with van der Waals surface area (Å²) in [6, 6.07) is 0. The highest BCUT2D eigenvalue weighted by atomic mass is 16.5. The van der Waals surface area contributed by atoms with Crippen LogP contribution in [0.1, 0.15) is 90.9 Å². The smallest absolute Gasteiger partial charge is 0.305 e. The zero-order valence-electron chi connectivity index (χ0n) is 15.4. The average molecular weight is 327 g/mol. The van der Waals surface area contributed by atoms with Crippen LogP contribution in [-0.4, -0.2) is 24.3 Å². The Labute approximate surface area is 143 Å². The minimum atomic E-state index is -0.128. The number of carbonyl (C=O) groups is 1. The van der Waals surface area contributed by atoms with Crippen LogP contribution in [0.25, 0.3) is 0 Å². The van der Waals surface area contributed by atoms with Crippen LogP contribution in [0.2, 0.25) is 0 Å². The van der Waals surface area contributed by atoms with Crippen molar-refractivity contribution in [2.75, 3.05) is 13.2 Å². The Morgan fingerprint density at radius 1 is 0.957 bits per heavy atom. The van der Waals surface area contributed by atoms with Crippen LogP contribution in [-0.2, 0) is 9.53 Å². The van der Waals surface area contributed by atoms with Gasteiger partial charge < -0.3 is 9.84 Å². The van der Waals surface area contributed by atoms with Crippen LogP contribution in [0.5, 0.6) is 0 Å². The quantitative estimate of drug-likeness (QED) is 0.234. The monoisotopic (exact) mass is 326 g/mol. The number of aliphatic hydroxyl groups excluding tert-OH is 1. The topological polar surface area (TPSA) is 46.5 Å². The zero-order valence-corrected chi connectivity index (χ0v) is 15.4.